The largest absolute Gasteiger partial charge is 0.493 e. The lowest BCUT2D eigenvalue weighted by Gasteiger charge is -2.15. The summed E-state index contributed by atoms with van der Waals surface area (Å²) in [6.07, 6.45) is 2.55. The van der Waals surface area contributed by atoms with E-state index in [-0.39, 0.29) is 18.8 Å². The van der Waals surface area contributed by atoms with Gasteiger partial charge < -0.3 is 28.8 Å². The molecule has 0 spiro atoms. The number of nitrogens with zero attached hydrogens (tertiary/aromatic N) is 4. The first-order chi connectivity index (χ1) is 22.6. The van der Waals surface area contributed by atoms with E-state index in [1.807, 2.05) is 0 Å². The second kappa shape index (κ2) is 12.5. The Bertz CT molecular complexity index is 2320. The van der Waals surface area contributed by atoms with Crippen LogP contribution in [0, 0.1) is 0 Å². The number of carbonyl (C=O) groups excluding carboxylic acids is 1. The SMILES string of the molecule is COc1cc2sc3c(=O)n(C(C)C(=O)OCCOc4cc5sc6c(=O)n(C(C)C(=O)O)cnc6c5cc4OC)cnc3c2cc1OC. The first-order valence-electron chi connectivity index (χ1n) is 14.2. The van der Waals surface area contributed by atoms with Gasteiger partial charge in [0, 0.05) is 32.3 Å². The number of methoxy groups -OCH3 is 3. The summed E-state index contributed by atoms with van der Waals surface area (Å²) < 4.78 is 32.0. The topological polar surface area (TPSA) is 170 Å². The van der Waals surface area contributed by atoms with Gasteiger partial charge >= 0.3 is 11.9 Å². The highest BCUT2D eigenvalue weighted by Crippen LogP contribution is 2.40. The van der Waals surface area contributed by atoms with Crippen molar-refractivity contribution in [3.63, 3.8) is 0 Å². The molecule has 6 rings (SSSR count). The molecule has 0 aliphatic heterocycles. The highest BCUT2D eigenvalue weighted by molar-refractivity contribution is 7.26. The molecule has 0 fully saturated rings. The van der Waals surface area contributed by atoms with Crippen molar-refractivity contribution in [2.24, 2.45) is 0 Å². The monoisotopic (exact) mass is 680 g/mol. The molecule has 4 aromatic heterocycles. The summed E-state index contributed by atoms with van der Waals surface area (Å²) >= 11 is 2.41. The molecule has 6 aromatic rings. The lowest BCUT2D eigenvalue weighted by atomic mass is 10.2. The molecular weight excluding hydrogens is 652 g/mol. The Hall–Kier alpha value is -5.22. The number of ether oxygens (including phenoxy) is 5. The van der Waals surface area contributed by atoms with Gasteiger partial charge in [-0.05, 0) is 26.0 Å². The van der Waals surface area contributed by atoms with E-state index >= 15 is 0 Å². The molecule has 2 unspecified atom stereocenters. The van der Waals surface area contributed by atoms with Gasteiger partial charge in [-0.2, -0.15) is 0 Å². The number of aromatic nitrogens is 4. The van der Waals surface area contributed by atoms with Crippen molar-refractivity contribution in [1.82, 2.24) is 19.1 Å². The van der Waals surface area contributed by atoms with Crippen LogP contribution in [0.4, 0.5) is 0 Å². The van der Waals surface area contributed by atoms with Crippen molar-refractivity contribution in [3.8, 4) is 23.0 Å². The van der Waals surface area contributed by atoms with Gasteiger partial charge in [0.1, 0.15) is 34.7 Å². The Morgan fingerprint density at radius 3 is 1.72 bits per heavy atom. The second-order valence-corrected chi connectivity index (χ2v) is 12.5. The molecule has 0 radical (unpaired) electrons. The molecule has 2 aromatic carbocycles. The molecule has 1 N–H and O–H groups in total. The fourth-order valence-electron chi connectivity index (χ4n) is 5.10. The molecule has 0 aliphatic rings. The molecule has 16 heteroatoms. The number of rotatable bonds is 11. The van der Waals surface area contributed by atoms with Crippen LogP contribution in [0.3, 0.4) is 0 Å². The summed E-state index contributed by atoms with van der Waals surface area (Å²) in [6.45, 7) is 2.80. The highest BCUT2D eigenvalue weighted by Gasteiger charge is 2.23. The highest BCUT2D eigenvalue weighted by atomic mass is 32.1. The zero-order valence-electron chi connectivity index (χ0n) is 25.8. The predicted molar refractivity (Wildman–Crippen MR) is 176 cm³/mol. The number of carbonyl (C=O) groups is 2. The van der Waals surface area contributed by atoms with Crippen LogP contribution in [-0.4, -0.2) is 70.7 Å². The third-order valence-corrected chi connectivity index (χ3v) is 9.97. The minimum atomic E-state index is -1.15. The van der Waals surface area contributed by atoms with Crippen molar-refractivity contribution in [1.29, 1.82) is 0 Å². The maximum absolute atomic E-state index is 13.4. The van der Waals surface area contributed by atoms with E-state index in [9.17, 15) is 24.3 Å². The quantitative estimate of drug-likeness (QED) is 0.151. The van der Waals surface area contributed by atoms with Crippen molar-refractivity contribution < 1.29 is 38.4 Å². The molecule has 2 atom stereocenters. The van der Waals surface area contributed by atoms with Gasteiger partial charge in [0.05, 0.1) is 45.0 Å². The fraction of sp³-hybridized carbons (Fsp3) is 0.290. The number of hydrogen-bond acceptors (Lipinski definition) is 13. The van der Waals surface area contributed by atoms with Crippen molar-refractivity contribution in [2.45, 2.75) is 25.9 Å². The minimum absolute atomic E-state index is 0.0292. The number of hydrogen-bond donors (Lipinski definition) is 1. The van der Waals surface area contributed by atoms with Crippen LogP contribution in [0.15, 0.2) is 46.5 Å². The van der Waals surface area contributed by atoms with Gasteiger partial charge in [0.25, 0.3) is 11.1 Å². The maximum Gasteiger partial charge on any atom is 0.329 e. The number of esters is 1. The van der Waals surface area contributed by atoms with Crippen LogP contribution in [0.5, 0.6) is 23.0 Å². The summed E-state index contributed by atoms with van der Waals surface area (Å²) in [5, 5.41) is 10.7. The molecule has 0 amide bonds. The molecule has 14 nitrogen and oxygen atoms in total. The van der Waals surface area contributed by atoms with Gasteiger partial charge in [0.15, 0.2) is 23.0 Å². The Kier molecular flexibility index (Phi) is 8.46. The van der Waals surface area contributed by atoms with Gasteiger partial charge in [-0.15, -0.1) is 22.7 Å². The zero-order valence-corrected chi connectivity index (χ0v) is 27.4. The zero-order chi connectivity index (χ0) is 33.6. The van der Waals surface area contributed by atoms with Crippen molar-refractivity contribution in [2.75, 3.05) is 34.5 Å². The van der Waals surface area contributed by atoms with E-state index in [0.717, 1.165) is 26.0 Å². The van der Waals surface area contributed by atoms with E-state index in [1.165, 1.54) is 56.8 Å². The molecule has 0 bridgehead atoms. The minimum Gasteiger partial charge on any atom is -0.493 e. The lowest BCUT2D eigenvalue weighted by molar-refractivity contribution is -0.148. The predicted octanol–water partition coefficient (Wildman–Crippen LogP) is 4.39. The molecule has 0 aliphatic carbocycles. The number of benzene rings is 2. The Labute approximate surface area is 273 Å². The summed E-state index contributed by atoms with van der Waals surface area (Å²) in [5.74, 6) is -0.0386. The first kappa shape index (κ1) is 31.7. The van der Waals surface area contributed by atoms with E-state index in [4.69, 9.17) is 23.7 Å². The van der Waals surface area contributed by atoms with Gasteiger partial charge in [-0.3, -0.25) is 18.7 Å². The smallest absolute Gasteiger partial charge is 0.329 e. The number of carboxylic acid groups (broad SMARTS) is 1. The summed E-state index contributed by atoms with van der Waals surface area (Å²) in [7, 11) is 4.52. The standard InChI is InChI=1S/C31H28N4O10S2/c1-14(30(38)39)34-12-32-25-17-9-19(42-4)21(11-23(17)47-26(25)28(34)36)44-6-7-45-31(40)15(2)35-13-33-24-16-8-18(41-3)20(43-5)10-22(16)46-27(24)29(35)37/h8-15H,6-7H2,1-5H3,(H,38,39). The Balaban J connectivity index is 1.17. The third-order valence-electron chi connectivity index (χ3n) is 7.71. The van der Waals surface area contributed by atoms with E-state index < -0.39 is 29.6 Å². The van der Waals surface area contributed by atoms with Crippen LogP contribution >= 0.6 is 22.7 Å². The average Bonchev–Trinajstić information content (AvgIpc) is 3.63. The van der Waals surface area contributed by atoms with Crippen molar-refractivity contribution >= 4 is 75.2 Å². The third kappa shape index (κ3) is 5.48. The van der Waals surface area contributed by atoms with Crippen LogP contribution in [0.25, 0.3) is 40.6 Å². The molecular formula is C31H28N4O10S2. The van der Waals surface area contributed by atoms with Crippen LogP contribution < -0.4 is 30.1 Å². The summed E-state index contributed by atoms with van der Waals surface area (Å²) in [5.41, 5.74) is 0.0846. The van der Waals surface area contributed by atoms with Crippen LogP contribution in [0.1, 0.15) is 25.9 Å². The van der Waals surface area contributed by atoms with Crippen molar-refractivity contribution in [3.05, 3.63) is 57.6 Å². The second-order valence-electron chi connectivity index (χ2n) is 10.4. The first-order valence-corrected chi connectivity index (χ1v) is 15.8. The van der Waals surface area contributed by atoms with E-state index in [1.54, 1.807) is 31.2 Å². The summed E-state index contributed by atoms with van der Waals surface area (Å²) in [4.78, 5) is 59.6. The molecule has 244 valence electrons. The molecule has 47 heavy (non-hydrogen) atoms. The normalized spacial score (nSPS) is 12.8. The van der Waals surface area contributed by atoms with Crippen LogP contribution in [-0.2, 0) is 14.3 Å². The van der Waals surface area contributed by atoms with Gasteiger partial charge in [-0.25, -0.2) is 19.6 Å². The molecule has 0 saturated heterocycles. The maximum atomic E-state index is 13.4. The van der Waals surface area contributed by atoms with Gasteiger partial charge in [0.2, 0.25) is 0 Å². The van der Waals surface area contributed by atoms with Gasteiger partial charge in [-0.1, -0.05) is 0 Å². The number of aliphatic carboxylic acids is 1. The molecule has 4 heterocycles. The average molecular weight is 681 g/mol. The number of fused-ring (bicyclic) bond motifs is 6. The summed E-state index contributed by atoms with van der Waals surface area (Å²) in [6, 6.07) is 4.89. The van der Waals surface area contributed by atoms with Crippen LogP contribution in [0.2, 0.25) is 0 Å². The number of thiophene rings is 2. The Morgan fingerprint density at radius 1 is 0.745 bits per heavy atom. The van der Waals surface area contributed by atoms with E-state index in [2.05, 4.69) is 9.97 Å². The lowest BCUT2D eigenvalue weighted by Crippen LogP contribution is -2.29. The number of carboxylic acids is 1. The van der Waals surface area contributed by atoms with E-state index in [0.29, 0.717) is 53.5 Å². The fourth-order valence-corrected chi connectivity index (χ4v) is 7.31. The molecule has 0 saturated carbocycles. The Morgan fingerprint density at radius 2 is 1.21 bits per heavy atom.